The molecule has 0 saturated carbocycles. The summed E-state index contributed by atoms with van der Waals surface area (Å²) in [6.07, 6.45) is 1.29. The maximum atomic E-state index is 11.1. The normalized spacial score (nSPS) is 9.18. The van der Waals surface area contributed by atoms with Crippen molar-refractivity contribution in [2.45, 2.75) is 0 Å². The molecule has 1 aromatic rings. The lowest BCUT2D eigenvalue weighted by Crippen LogP contribution is -1.92. The van der Waals surface area contributed by atoms with Crippen LogP contribution in [-0.4, -0.2) is 12.9 Å². The molecule has 1 heterocycles. The van der Waals surface area contributed by atoms with Crippen LogP contribution in [-0.2, 0) is 0 Å². The van der Waals surface area contributed by atoms with E-state index in [2.05, 4.69) is 6.58 Å². The third-order valence-corrected chi connectivity index (χ3v) is 2.17. The van der Waals surface area contributed by atoms with Gasteiger partial charge in [-0.05, 0) is 17.5 Å². The minimum Gasteiger partial charge on any atom is -0.495 e. The van der Waals surface area contributed by atoms with E-state index in [0.29, 0.717) is 10.6 Å². The van der Waals surface area contributed by atoms with Crippen LogP contribution in [0.25, 0.3) is 0 Å². The first-order chi connectivity index (χ1) is 5.29. The molecule has 11 heavy (non-hydrogen) atoms. The lowest BCUT2D eigenvalue weighted by Gasteiger charge is -1.96. The average Bonchev–Trinajstić information content (AvgIpc) is 2.50. The number of methoxy groups -OCH3 is 1. The highest BCUT2D eigenvalue weighted by Gasteiger charge is 2.09. The highest BCUT2D eigenvalue weighted by atomic mass is 32.1. The third kappa shape index (κ3) is 1.49. The Morgan fingerprint density at radius 2 is 2.55 bits per heavy atom. The van der Waals surface area contributed by atoms with Gasteiger partial charge in [-0.25, -0.2) is 0 Å². The maximum Gasteiger partial charge on any atom is 0.198 e. The van der Waals surface area contributed by atoms with Crippen LogP contribution in [0.4, 0.5) is 0 Å². The zero-order valence-electron chi connectivity index (χ0n) is 6.16. The van der Waals surface area contributed by atoms with Crippen LogP contribution in [0.2, 0.25) is 0 Å². The molecule has 0 aromatic carbocycles. The summed E-state index contributed by atoms with van der Waals surface area (Å²) in [4.78, 5) is 11.7. The Morgan fingerprint density at radius 3 is 3.09 bits per heavy atom. The third-order valence-electron chi connectivity index (χ3n) is 1.26. The van der Waals surface area contributed by atoms with E-state index in [1.807, 2.05) is 5.38 Å². The number of thiophene rings is 1. The molecule has 0 N–H and O–H groups in total. The number of rotatable bonds is 3. The largest absolute Gasteiger partial charge is 0.495 e. The van der Waals surface area contributed by atoms with Crippen LogP contribution in [0, 0.1) is 0 Å². The second kappa shape index (κ2) is 3.34. The van der Waals surface area contributed by atoms with E-state index < -0.39 is 0 Å². The predicted molar refractivity (Wildman–Crippen MR) is 45.4 cm³/mol. The minimum absolute atomic E-state index is 0.0862. The van der Waals surface area contributed by atoms with Crippen molar-refractivity contribution in [3.8, 4) is 5.75 Å². The molecule has 0 amide bonds. The zero-order valence-corrected chi connectivity index (χ0v) is 6.98. The van der Waals surface area contributed by atoms with Crippen molar-refractivity contribution in [2.75, 3.05) is 7.11 Å². The molecule has 2 nitrogen and oxygen atoms in total. The van der Waals surface area contributed by atoms with Crippen LogP contribution < -0.4 is 4.74 Å². The fourth-order valence-electron chi connectivity index (χ4n) is 0.731. The molecular weight excluding hydrogens is 160 g/mol. The van der Waals surface area contributed by atoms with Gasteiger partial charge in [-0.1, -0.05) is 6.58 Å². The molecular formula is C8H8O2S. The van der Waals surface area contributed by atoms with Crippen LogP contribution in [0.15, 0.2) is 24.1 Å². The van der Waals surface area contributed by atoms with Crippen LogP contribution >= 0.6 is 11.3 Å². The topological polar surface area (TPSA) is 26.3 Å². The zero-order chi connectivity index (χ0) is 8.27. The Balaban J connectivity index is 3.01. The van der Waals surface area contributed by atoms with E-state index in [-0.39, 0.29) is 5.78 Å². The fourth-order valence-corrected chi connectivity index (χ4v) is 1.53. The van der Waals surface area contributed by atoms with E-state index in [9.17, 15) is 4.79 Å². The van der Waals surface area contributed by atoms with Crippen LogP contribution in [0.1, 0.15) is 9.67 Å². The Labute approximate surface area is 69.1 Å². The number of carbonyl (C=O) groups excluding carboxylic acids is 1. The van der Waals surface area contributed by atoms with Crippen LogP contribution in [0.5, 0.6) is 5.75 Å². The molecule has 58 valence electrons. The molecule has 0 aliphatic heterocycles. The highest BCUT2D eigenvalue weighted by Crippen LogP contribution is 2.24. The Morgan fingerprint density at radius 1 is 1.82 bits per heavy atom. The van der Waals surface area contributed by atoms with E-state index >= 15 is 0 Å². The first-order valence-corrected chi connectivity index (χ1v) is 3.95. The summed E-state index contributed by atoms with van der Waals surface area (Å²) in [6, 6.07) is 1.77. The van der Waals surface area contributed by atoms with Gasteiger partial charge in [0.2, 0.25) is 0 Å². The van der Waals surface area contributed by atoms with Crippen molar-refractivity contribution in [3.63, 3.8) is 0 Å². The molecule has 0 spiro atoms. The summed E-state index contributed by atoms with van der Waals surface area (Å²) in [5.74, 6) is 0.539. The lowest BCUT2D eigenvalue weighted by molar-refractivity contribution is 0.104. The quantitative estimate of drug-likeness (QED) is 0.510. The number of hydrogen-bond acceptors (Lipinski definition) is 3. The first-order valence-electron chi connectivity index (χ1n) is 3.08. The molecule has 0 saturated heterocycles. The molecule has 0 radical (unpaired) electrons. The number of hydrogen-bond donors (Lipinski definition) is 0. The molecule has 0 bridgehead atoms. The van der Waals surface area contributed by atoms with E-state index in [1.54, 1.807) is 13.2 Å². The van der Waals surface area contributed by atoms with Gasteiger partial charge in [0.05, 0.1) is 7.11 Å². The first kappa shape index (κ1) is 8.01. The monoisotopic (exact) mass is 168 g/mol. The smallest absolute Gasteiger partial charge is 0.198 e. The summed E-state index contributed by atoms with van der Waals surface area (Å²) in [7, 11) is 1.54. The van der Waals surface area contributed by atoms with E-state index in [1.165, 1.54) is 17.4 Å². The summed E-state index contributed by atoms with van der Waals surface area (Å²) in [6.45, 7) is 3.39. The lowest BCUT2D eigenvalue weighted by atomic mass is 10.3. The van der Waals surface area contributed by atoms with Gasteiger partial charge in [0.25, 0.3) is 0 Å². The molecule has 3 heteroatoms. The van der Waals surface area contributed by atoms with E-state index in [4.69, 9.17) is 4.74 Å². The van der Waals surface area contributed by atoms with Gasteiger partial charge in [-0.3, -0.25) is 4.79 Å². The van der Waals surface area contributed by atoms with Crippen molar-refractivity contribution in [2.24, 2.45) is 0 Å². The molecule has 0 aliphatic rings. The van der Waals surface area contributed by atoms with Crippen molar-refractivity contribution in [3.05, 3.63) is 29.0 Å². The summed E-state index contributed by atoms with van der Waals surface area (Å²) >= 11 is 1.36. The fraction of sp³-hybridized carbons (Fsp3) is 0.125. The van der Waals surface area contributed by atoms with Crippen LogP contribution in [0.3, 0.4) is 0 Å². The maximum absolute atomic E-state index is 11.1. The van der Waals surface area contributed by atoms with Gasteiger partial charge in [-0.2, -0.15) is 0 Å². The van der Waals surface area contributed by atoms with E-state index in [0.717, 1.165) is 0 Å². The Kier molecular flexibility index (Phi) is 2.44. The van der Waals surface area contributed by atoms with Gasteiger partial charge < -0.3 is 4.74 Å². The van der Waals surface area contributed by atoms with Gasteiger partial charge in [0, 0.05) is 0 Å². The number of carbonyl (C=O) groups is 1. The second-order valence-electron chi connectivity index (χ2n) is 1.89. The average molecular weight is 168 g/mol. The molecule has 0 atom stereocenters. The summed E-state index contributed by atoms with van der Waals surface area (Å²) in [5.41, 5.74) is 0. The number of allylic oxidation sites excluding steroid dienone is 1. The predicted octanol–water partition coefficient (Wildman–Crippen LogP) is 2.13. The molecule has 1 aromatic heterocycles. The van der Waals surface area contributed by atoms with Gasteiger partial charge >= 0.3 is 0 Å². The molecule has 0 aliphatic carbocycles. The van der Waals surface area contributed by atoms with Gasteiger partial charge in [-0.15, -0.1) is 11.3 Å². The van der Waals surface area contributed by atoms with Crippen molar-refractivity contribution in [1.29, 1.82) is 0 Å². The highest BCUT2D eigenvalue weighted by molar-refractivity contribution is 7.12. The SMILES string of the molecule is C=CC(=O)c1sccc1OC. The number of ether oxygens (including phenoxy) is 1. The Hall–Kier alpha value is -1.09. The standard InChI is InChI=1S/C8H8O2S/c1-3-6(9)8-7(10-2)4-5-11-8/h3-5H,1H2,2H3. The summed E-state index contributed by atoms with van der Waals surface area (Å²) < 4.78 is 4.95. The molecule has 0 unspecified atom stereocenters. The second-order valence-corrected chi connectivity index (χ2v) is 2.80. The van der Waals surface area contributed by atoms with Crippen molar-refractivity contribution in [1.82, 2.24) is 0 Å². The minimum atomic E-state index is -0.0862. The van der Waals surface area contributed by atoms with Crippen molar-refractivity contribution < 1.29 is 9.53 Å². The molecule has 0 fully saturated rings. The molecule has 1 rings (SSSR count). The Bertz CT molecular complexity index is 275. The number of ketones is 1. The van der Waals surface area contributed by atoms with Crippen molar-refractivity contribution >= 4 is 17.1 Å². The van der Waals surface area contributed by atoms with Gasteiger partial charge in [0.1, 0.15) is 10.6 Å². The van der Waals surface area contributed by atoms with Gasteiger partial charge in [0.15, 0.2) is 5.78 Å². The summed E-state index contributed by atoms with van der Waals surface area (Å²) in [5, 5.41) is 1.82.